The first kappa shape index (κ1) is 25.6. The first-order valence-electron chi connectivity index (χ1n) is 12.4. The van der Waals surface area contributed by atoms with Crippen molar-refractivity contribution >= 4 is 28.1 Å². The van der Waals surface area contributed by atoms with Gasteiger partial charge in [0, 0.05) is 39.3 Å². The number of piperidine rings is 1. The third-order valence-corrected chi connectivity index (χ3v) is 9.17. The molecule has 35 heavy (non-hydrogen) atoms. The molecule has 0 spiro atoms. The maximum absolute atomic E-state index is 13.7. The van der Waals surface area contributed by atoms with Crippen molar-refractivity contribution in [2.75, 3.05) is 45.8 Å². The van der Waals surface area contributed by atoms with Crippen LogP contribution in [0.5, 0.6) is 0 Å². The average Bonchev–Trinajstić information content (AvgIpc) is 3.25. The summed E-state index contributed by atoms with van der Waals surface area (Å²) in [7, 11) is -3.87. The molecule has 3 heterocycles. The van der Waals surface area contributed by atoms with E-state index >= 15 is 0 Å². The number of carbonyl (C=O) groups excluding carboxylic acids is 1. The molecule has 1 amide bonds. The van der Waals surface area contributed by atoms with Crippen LogP contribution < -0.4 is 0 Å². The van der Waals surface area contributed by atoms with Crippen LogP contribution in [0.15, 0.2) is 27.6 Å². The Hall–Kier alpha value is -2.49. The SMILES string of the molecule is CCN1CCN(C(=O)C2CCCN(S(=O)(=O)c3c(C)noc3/C=C/c3cc(C)ccc3C)C2)CC1. The number of hydrogen-bond donors (Lipinski definition) is 0. The summed E-state index contributed by atoms with van der Waals surface area (Å²) < 4.78 is 34.3. The minimum Gasteiger partial charge on any atom is -0.355 e. The summed E-state index contributed by atoms with van der Waals surface area (Å²) in [5.74, 6) is -0.0360. The molecule has 2 aromatic rings. The molecule has 1 atom stereocenters. The van der Waals surface area contributed by atoms with Crippen LogP contribution >= 0.6 is 0 Å². The standard InChI is InChI=1S/C26H36N4O4S/c1-5-28-13-15-29(16-14-28)26(31)23-7-6-12-30(18-23)35(32,33)25-21(4)27-34-24(25)11-10-22-17-19(2)8-9-20(22)3/h8-11,17,23H,5-7,12-16,18H2,1-4H3/b11-10+. The fourth-order valence-electron chi connectivity index (χ4n) is 4.94. The van der Waals surface area contributed by atoms with Crippen molar-refractivity contribution in [1.82, 2.24) is 19.3 Å². The van der Waals surface area contributed by atoms with E-state index in [1.165, 1.54) is 4.31 Å². The van der Waals surface area contributed by atoms with Gasteiger partial charge in [0.1, 0.15) is 5.69 Å². The van der Waals surface area contributed by atoms with Crippen molar-refractivity contribution in [1.29, 1.82) is 0 Å². The molecule has 2 aliphatic rings. The molecule has 9 heteroatoms. The number of sulfonamides is 1. The van der Waals surface area contributed by atoms with Crippen LogP contribution in [0.25, 0.3) is 12.2 Å². The number of hydrogen-bond acceptors (Lipinski definition) is 6. The Morgan fingerprint density at radius 3 is 2.57 bits per heavy atom. The molecule has 0 radical (unpaired) electrons. The van der Waals surface area contributed by atoms with Crippen LogP contribution in [0.4, 0.5) is 0 Å². The molecule has 2 fully saturated rings. The molecule has 0 N–H and O–H groups in total. The largest absolute Gasteiger partial charge is 0.355 e. The van der Waals surface area contributed by atoms with Gasteiger partial charge in [0.15, 0.2) is 10.7 Å². The molecule has 0 bridgehead atoms. The average molecular weight is 501 g/mol. The first-order chi connectivity index (χ1) is 16.7. The Bertz CT molecular complexity index is 1200. The minimum atomic E-state index is -3.87. The normalized spacial score (nSPS) is 20.6. The number of carbonyl (C=O) groups is 1. The number of rotatable bonds is 6. The van der Waals surface area contributed by atoms with E-state index in [2.05, 4.69) is 17.0 Å². The number of benzene rings is 1. The zero-order valence-electron chi connectivity index (χ0n) is 21.2. The topological polar surface area (TPSA) is 87.0 Å². The summed E-state index contributed by atoms with van der Waals surface area (Å²) in [5, 5.41) is 3.96. The van der Waals surface area contributed by atoms with Gasteiger partial charge in [-0.1, -0.05) is 41.9 Å². The quantitative estimate of drug-likeness (QED) is 0.605. The Labute approximate surface area is 208 Å². The molecule has 0 aliphatic carbocycles. The van der Waals surface area contributed by atoms with Crippen molar-refractivity contribution in [3.63, 3.8) is 0 Å². The van der Waals surface area contributed by atoms with E-state index < -0.39 is 10.0 Å². The second kappa shape index (κ2) is 10.6. The number of piperazine rings is 1. The summed E-state index contributed by atoms with van der Waals surface area (Å²) in [4.78, 5) is 17.5. The molecule has 190 valence electrons. The first-order valence-corrected chi connectivity index (χ1v) is 13.9. The number of nitrogens with zero attached hydrogens (tertiary/aromatic N) is 4. The van der Waals surface area contributed by atoms with Gasteiger partial charge in [0.2, 0.25) is 15.9 Å². The highest BCUT2D eigenvalue weighted by Gasteiger charge is 2.38. The third kappa shape index (κ3) is 5.52. The van der Waals surface area contributed by atoms with Crippen LogP contribution in [0.1, 0.15) is 47.9 Å². The van der Waals surface area contributed by atoms with E-state index in [1.54, 1.807) is 13.0 Å². The van der Waals surface area contributed by atoms with Gasteiger partial charge in [-0.05, 0) is 57.4 Å². The Morgan fingerprint density at radius 1 is 1.11 bits per heavy atom. The molecule has 4 rings (SSSR count). The lowest BCUT2D eigenvalue weighted by Crippen LogP contribution is -2.52. The Balaban J connectivity index is 1.52. The van der Waals surface area contributed by atoms with Crippen LogP contribution in [0.3, 0.4) is 0 Å². The zero-order valence-corrected chi connectivity index (χ0v) is 22.0. The van der Waals surface area contributed by atoms with Crippen LogP contribution in [-0.2, 0) is 14.8 Å². The number of aryl methyl sites for hydroxylation is 3. The predicted octanol–water partition coefficient (Wildman–Crippen LogP) is 3.34. The van der Waals surface area contributed by atoms with E-state index in [9.17, 15) is 13.2 Å². The van der Waals surface area contributed by atoms with Gasteiger partial charge in [-0.3, -0.25) is 4.79 Å². The Kier molecular flexibility index (Phi) is 7.78. The molecule has 1 aromatic heterocycles. The van der Waals surface area contributed by atoms with Gasteiger partial charge in [-0.15, -0.1) is 0 Å². The van der Waals surface area contributed by atoms with Gasteiger partial charge in [-0.2, -0.15) is 4.31 Å². The predicted molar refractivity (Wildman–Crippen MR) is 136 cm³/mol. The molecule has 8 nitrogen and oxygen atoms in total. The van der Waals surface area contributed by atoms with Crippen LogP contribution in [0, 0.1) is 26.7 Å². The van der Waals surface area contributed by atoms with Crippen LogP contribution in [-0.4, -0.2) is 79.4 Å². The smallest absolute Gasteiger partial charge is 0.248 e. The summed E-state index contributed by atoms with van der Waals surface area (Å²) in [5.41, 5.74) is 3.53. The van der Waals surface area contributed by atoms with E-state index in [4.69, 9.17) is 4.52 Å². The van der Waals surface area contributed by atoms with Crippen molar-refractivity contribution < 1.29 is 17.7 Å². The van der Waals surface area contributed by atoms with Gasteiger partial charge in [0.05, 0.1) is 5.92 Å². The van der Waals surface area contributed by atoms with E-state index in [0.29, 0.717) is 38.2 Å². The zero-order chi connectivity index (χ0) is 25.2. The highest BCUT2D eigenvalue weighted by molar-refractivity contribution is 7.89. The highest BCUT2D eigenvalue weighted by atomic mass is 32.2. The van der Waals surface area contributed by atoms with E-state index in [-0.39, 0.29) is 29.0 Å². The summed E-state index contributed by atoms with van der Waals surface area (Å²) >= 11 is 0. The van der Waals surface area contributed by atoms with E-state index in [1.807, 2.05) is 43.0 Å². The number of amides is 1. The van der Waals surface area contributed by atoms with Gasteiger partial charge < -0.3 is 14.3 Å². The lowest BCUT2D eigenvalue weighted by molar-refractivity contribution is -0.138. The monoisotopic (exact) mass is 500 g/mol. The van der Waals surface area contributed by atoms with E-state index in [0.717, 1.165) is 36.3 Å². The van der Waals surface area contributed by atoms with Gasteiger partial charge >= 0.3 is 0 Å². The molecule has 1 unspecified atom stereocenters. The van der Waals surface area contributed by atoms with Gasteiger partial charge in [0.25, 0.3) is 0 Å². The lowest BCUT2D eigenvalue weighted by atomic mass is 9.98. The second-order valence-electron chi connectivity index (χ2n) is 9.62. The lowest BCUT2D eigenvalue weighted by Gasteiger charge is -2.38. The molecular weight excluding hydrogens is 464 g/mol. The second-order valence-corrected chi connectivity index (χ2v) is 11.5. The molecular formula is C26H36N4O4S. The van der Waals surface area contributed by atoms with Crippen molar-refractivity contribution in [2.45, 2.75) is 45.4 Å². The van der Waals surface area contributed by atoms with Gasteiger partial charge in [-0.25, -0.2) is 8.42 Å². The summed E-state index contributed by atoms with van der Waals surface area (Å²) in [6, 6.07) is 6.12. The number of aromatic nitrogens is 1. The summed E-state index contributed by atoms with van der Waals surface area (Å²) in [6.07, 6.45) is 4.90. The van der Waals surface area contributed by atoms with Crippen LogP contribution in [0.2, 0.25) is 0 Å². The molecule has 2 saturated heterocycles. The van der Waals surface area contributed by atoms with Crippen molar-refractivity contribution in [2.24, 2.45) is 5.92 Å². The maximum atomic E-state index is 13.7. The molecule has 1 aromatic carbocycles. The van der Waals surface area contributed by atoms with Crippen molar-refractivity contribution in [3.05, 3.63) is 46.3 Å². The fraction of sp³-hybridized carbons (Fsp3) is 0.538. The Morgan fingerprint density at radius 2 is 1.86 bits per heavy atom. The third-order valence-electron chi connectivity index (χ3n) is 7.14. The van der Waals surface area contributed by atoms with Crippen molar-refractivity contribution in [3.8, 4) is 0 Å². The minimum absolute atomic E-state index is 0.0673. The molecule has 2 aliphatic heterocycles. The number of likely N-dealkylation sites (N-methyl/N-ethyl adjacent to an activating group) is 1. The maximum Gasteiger partial charge on any atom is 0.248 e. The highest BCUT2D eigenvalue weighted by Crippen LogP contribution is 2.30. The summed E-state index contributed by atoms with van der Waals surface area (Å²) in [6.45, 7) is 12.5. The fourth-order valence-corrected chi connectivity index (χ4v) is 6.71. The molecule has 0 saturated carbocycles.